The highest BCUT2D eigenvalue weighted by molar-refractivity contribution is 5.19. The van der Waals surface area contributed by atoms with E-state index in [1.54, 1.807) is 116 Å². The Morgan fingerprint density at radius 1 is 0.531 bits per heavy atom. The van der Waals surface area contributed by atoms with Crippen LogP contribution in [0.1, 0.15) is 197 Å². The predicted molar refractivity (Wildman–Crippen MR) is 210 cm³/mol. The van der Waals surface area contributed by atoms with Gasteiger partial charge in [0.15, 0.2) is 0 Å². The smallest absolute Gasteiger partial charge is 0.0227 e. The molecule has 0 amide bonds. The molecule has 0 aromatic rings. The van der Waals surface area contributed by atoms with E-state index in [0.29, 0.717) is 16.2 Å². The zero-order chi connectivity index (χ0) is 34.3. The summed E-state index contributed by atoms with van der Waals surface area (Å²) in [5, 5.41) is 0. The van der Waals surface area contributed by atoms with Crippen LogP contribution in [0.15, 0.2) is 0 Å². The Labute approximate surface area is 306 Å². The van der Waals surface area contributed by atoms with Gasteiger partial charge in [0.25, 0.3) is 0 Å². The van der Waals surface area contributed by atoms with Crippen molar-refractivity contribution in [2.75, 3.05) is 0 Å². The van der Waals surface area contributed by atoms with Gasteiger partial charge in [-0.1, -0.05) is 113 Å². The van der Waals surface area contributed by atoms with Crippen molar-refractivity contribution in [3.63, 3.8) is 0 Å². The number of fused-ring (bicyclic) bond motifs is 13. The minimum absolute atomic E-state index is 0.525. The number of hydrogen-bond donors (Lipinski definition) is 0. The minimum atomic E-state index is 0.525. The van der Waals surface area contributed by atoms with Crippen LogP contribution in [-0.4, -0.2) is 0 Å². The molecule has 8 aliphatic carbocycles. The topological polar surface area (TPSA) is 0 Å². The van der Waals surface area contributed by atoms with Crippen molar-refractivity contribution in [2.45, 2.75) is 197 Å². The lowest BCUT2D eigenvalue weighted by atomic mass is 9.44. The molecule has 0 aromatic carbocycles. The molecule has 0 nitrogen and oxygen atoms in total. The molecule has 1 spiro atoms. The van der Waals surface area contributed by atoms with E-state index in [1.165, 1.54) is 25.7 Å². The van der Waals surface area contributed by atoms with Crippen LogP contribution in [0.5, 0.6) is 0 Å². The van der Waals surface area contributed by atoms with Gasteiger partial charge in [-0.15, -0.1) is 0 Å². The fourth-order valence-electron chi connectivity index (χ4n) is 18.2. The molecule has 0 radical (unpaired) electrons. The molecule has 8 fully saturated rings. The van der Waals surface area contributed by atoms with E-state index >= 15 is 0 Å². The van der Waals surface area contributed by atoms with Crippen LogP contribution >= 0.6 is 0 Å². The Balaban J connectivity index is 1.27. The van der Waals surface area contributed by atoms with Gasteiger partial charge in [0, 0.05) is 0 Å². The van der Waals surface area contributed by atoms with Gasteiger partial charge < -0.3 is 0 Å². The summed E-state index contributed by atoms with van der Waals surface area (Å²) in [4.78, 5) is 0. The summed E-state index contributed by atoms with van der Waals surface area (Å²) in [6, 6.07) is 0. The van der Waals surface area contributed by atoms with Crippen molar-refractivity contribution < 1.29 is 0 Å². The molecule has 0 N–H and O–H groups in total. The summed E-state index contributed by atoms with van der Waals surface area (Å²) in [6.07, 6.45) is 34.4. The average molecular weight is 673 g/mol. The molecule has 280 valence electrons. The Morgan fingerprint density at radius 3 is 1.71 bits per heavy atom. The molecule has 15 unspecified atom stereocenters. The van der Waals surface area contributed by atoms with E-state index in [-0.39, 0.29) is 0 Å². The molecule has 0 aromatic heterocycles. The highest BCUT2D eigenvalue weighted by atomic mass is 14.8. The molecule has 8 saturated carbocycles. The molecule has 0 saturated heterocycles. The number of rotatable bonds is 8. The van der Waals surface area contributed by atoms with Gasteiger partial charge in [0.1, 0.15) is 0 Å². The molecule has 0 aliphatic heterocycles. The highest BCUT2D eigenvalue weighted by Gasteiger charge is 2.71. The third kappa shape index (κ3) is 5.66. The molecule has 0 bridgehead atoms. The highest BCUT2D eigenvalue weighted by Crippen LogP contribution is 2.78. The normalized spacial score (nSPS) is 49.5. The third-order valence-corrected chi connectivity index (χ3v) is 20.9. The largest absolute Gasteiger partial charge is 0.0649 e. The SMILES string of the molecule is CCC(C)(CC)C1CC(C(C)(CC)CC)CC2(C1)C1CCC3CC4CCC5CCCCC5C4C3C1C1CC(CC(C)C)C3CCCCC3C12. The van der Waals surface area contributed by atoms with Gasteiger partial charge in [-0.25, -0.2) is 0 Å². The van der Waals surface area contributed by atoms with E-state index in [1.807, 2.05) is 0 Å². The van der Waals surface area contributed by atoms with Crippen molar-refractivity contribution >= 4 is 0 Å². The Morgan fingerprint density at radius 2 is 1.08 bits per heavy atom. The second-order valence-corrected chi connectivity index (χ2v) is 22.4. The zero-order valence-electron chi connectivity index (χ0n) is 34.3. The zero-order valence-corrected chi connectivity index (χ0v) is 34.3. The quantitative estimate of drug-likeness (QED) is 0.241. The van der Waals surface area contributed by atoms with Crippen LogP contribution in [0.2, 0.25) is 0 Å². The number of hydrogen-bond acceptors (Lipinski definition) is 0. The molecule has 0 heteroatoms. The maximum atomic E-state index is 2.78. The third-order valence-electron chi connectivity index (χ3n) is 20.9. The van der Waals surface area contributed by atoms with Crippen LogP contribution in [0.3, 0.4) is 0 Å². The Kier molecular flexibility index (Phi) is 10.1. The first-order valence-corrected chi connectivity index (χ1v) is 23.6. The average Bonchev–Trinajstić information content (AvgIpc) is 3.64. The fourth-order valence-corrected chi connectivity index (χ4v) is 18.2. The van der Waals surface area contributed by atoms with E-state index in [0.717, 1.165) is 94.7 Å². The van der Waals surface area contributed by atoms with Gasteiger partial charge in [-0.3, -0.25) is 0 Å². The van der Waals surface area contributed by atoms with Crippen LogP contribution in [0, 0.1) is 111 Å². The molecule has 8 aliphatic rings. The predicted octanol–water partition coefficient (Wildman–Crippen LogP) is 14.7. The summed E-state index contributed by atoms with van der Waals surface area (Å²) >= 11 is 0. The lowest BCUT2D eigenvalue weighted by Gasteiger charge is -2.60. The van der Waals surface area contributed by atoms with Gasteiger partial charge in [-0.05, 0) is 194 Å². The summed E-state index contributed by atoms with van der Waals surface area (Å²) in [6.45, 7) is 21.0. The Bertz CT molecular complexity index is 1090. The van der Waals surface area contributed by atoms with Gasteiger partial charge in [-0.2, -0.15) is 0 Å². The first-order valence-electron chi connectivity index (χ1n) is 23.6. The maximum Gasteiger partial charge on any atom is -0.0227 e. The lowest BCUT2D eigenvalue weighted by molar-refractivity contribution is -0.115. The first-order chi connectivity index (χ1) is 23.6. The second-order valence-electron chi connectivity index (χ2n) is 22.4. The monoisotopic (exact) mass is 673 g/mol. The van der Waals surface area contributed by atoms with Crippen molar-refractivity contribution in [1.29, 1.82) is 0 Å². The summed E-state index contributed by atoms with van der Waals surface area (Å²) in [7, 11) is 0. The summed E-state index contributed by atoms with van der Waals surface area (Å²) in [5.41, 5.74) is 1.69. The Hall–Kier alpha value is 0. The molecule has 15 atom stereocenters. The van der Waals surface area contributed by atoms with Crippen molar-refractivity contribution in [3.8, 4) is 0 Å². The maximum absolute atomic E-state index is 2.78. The van der Waals surface area contributed by atoms with E-state index < -0.39 is 0 Å². The van der Waals surface area contributed by atoms with Crippen LogP contribution in [-0.2, 0) is 0 Å². The van der Waals surface area contributed by atoms with Crippen LogP contribution in [0.4, 0.5) is 0 Å². The van der Waals surface area contributed by atoms with Gasteiger partial charge in [0.05, 0.1) is 0 Å². The van der Waals surface area contributed by atoms with Crippen molar-refractivity contribution in [1.82, 2.24) is 0 Å². The van der Waals surface area contributed by atoms with Crippen molar-refractivity contribution in [2.24, 2.45) is 111 Å². The van der Waals surface area contributed by atoms with Gasteiger partial charge >= 0.3 is 0 Å². The summed E-state index contributed by atoms with van der Waals surface area (Å²) in [5.74, 6) is 16.9. The van der Waals surface area contributed by atoms with E-state index in [9.17, 15) is 0 Å². The molecular weight excluding hydrogens is 589 g/mol. The van der Waals surface area contributed by atoms with Gasteiger partial charge in [0.2, 0.25) is 0 Å². The molecule has 8 rings (SSSR count). The molecule has 0 heterocycles. The minimum Gasteiger partial charge on any atom is -0.0649 e. The fraction of sp³-hybridized carbons (Fsp3) is 1.00. The first kappa shape index (κ1) is 36.0. The van der Waals surface area contributed by atoms with Crippen molar-refractivity contribution in [3.05, 3.63) is 0 Å². The molecule has 49 heavy (non-hydrogen) atoms. The summed E-state index contributed by atoms with van der Waals surface area (Å²) < 4.78 is 0. The lowest BCUT2D eigenvalue weighted by Crippen LogP contribution is -2.53. The van der Waals surface area contributed by atoms with E-state index in [4.69, 9.17) is 0 Å². The van der Waals surface area contributed by atoms with Crippen LogP contribution < -0.4 is 0 Å². The standard InChI is InChI=1S/C49H84/c1-9-47(7,10-2)36-28-37(48(8,11-3)12-4)30-49(29-36)42-24-23-34-26-33-22-21-32-17-13-14-19-39(32)43(33)44(34)45(42)41-27-35(25-31(5)6)38-18-15-16-20-40(38)46(41)49/h31-46H,9-30H2,1-8H3. The van der Waals surface area contributed by atoms with Crippen LogP contribution in [0.25, 0.3) is 0 Å². The van der Waals surface area contributed by atoms with E-state index in [2.05, 4.69) is 55.4 Å². The molecular formula is C49H84. The second kappa shape index (κ2) is 13.7.